The average Bonchev–Trinajstić information content (AvgIpc) is 2.98. The van der Waals surface area contributed by atoms with Gasteiger partial charge in [0.1, 0.15) is 6.61 Å². The van der Waals surface area contributed by atoms with Gasteiger partial charge in [-0.25, -0.2) is 9.69 Å². The highest BCUT2D eigenvalue weighted by molar-refractivity contribution is 6.74. The van der Waals surface area contributed by atoms with Crippen LogP contribution >= 0.6 is 0 Å². The maximum Gasteiger partial charge on any atom is 0.417 e. The molecule has 29 heavy (non-hydrogen) atoms. The Kier molecular flexibility index (Phi) is 8.49. The molecule has 0 spiro atoms. The molecule has 3 atom stereocenters. The molecule has 1 heterocycles. The minimum absolute atomic E-state index is 0.000369. The van der Waals surface area contributed by atoms with Crippen LogP contribution in [0.5, 0.6) is 0 Å². The third-order valence-corrected chi connectivity index (χ3v) is 10.8. The van der Waals surface area contributed by atoms with Crippen molar-refractivity contribution >= 4 is 20.3 Å². The average molecular weight is 424 g/mol. The molecule has 0 radical (unpaired) electrons. The number of rotatable bonds is 7. The SMILES string of the molecule is C/C=C(\C)[C@H](O[Si](C)(C)C(C)(C)C)[C@H](C)/C=C(\C)C(=O)N1C(=O)OC[C@H]1C(C)C. The summed E-state index contributed by atoms with van der Waals surface area (Å²) in [7, 11) is -1.99. The number of hydrogen-bond donors (Lipinski definition) is 0. The van der Waals surface area contributed by atoms with E-state index in [4.69, 9.17) is 9.16 Å². The smallest absolute Gasteiger partial charge is 0.417 e. The summed E-state index contributed by atoms with van der Waals surface area (Å²) < 4.78 is 11.8. The van der Waals surface area contributed by atoms with Crippen LogP contribution < -0.4 is 0 Å². The fourth-order valence-electron chi connectivity index (χ4n) is 3.18. The Balaban J connectivity index is 3.14. The van der Waals surface area contributed by atoms with E-state index in [1.165, 1.54) is 4.90 Å². The van der Waals surface area contributed by atoms with Crippen molar-refractivity contribution in [3.63, 3.8) is 0 Å². The third-order valence-electron chi connectivity index (χ3n) is 6.35. The molecule has 166 valence electrons. The fraction of sp³-hybridized carbons (Fsp3) is 0.739. The molecule has 6 heteroatoms. The second kappa shape index (κ2) is 9.60. The highest BCUT2D eigenvalue weighted by Gasteiger charge is 2.42. The van der Waals surface area contributed by atoms with E-state index in [2.05, 4.69) is 53.8 Å². The monoisotopic (exact) mass is 423 g/mol. The predicted octanol–water partition coefficient (Wildman–Crippen LogP) is 5.93. The summed E-state index contributed by atoms with van der Waals surface area (Å²) in [6, 6.07) is -0.217. The van der Waals surface area contributed by atoms with Crippen molar-refractivity contribution in [1.82, 2.24) is 4.90 Å². The van der Waals surface area contributed by atoms with Gasteiger partial charge in [0.15, 0.2) is 8.32 Å². The Labute approximate surface area is 178 Å². The number of amides is 2. The molecule has 1 aliphatic rings. The Morgan fingerprint density at radius 3 is 2.24 bits per heavy atom. The molecule has 0 aromatic rings. The zero-order chi connectivity index (χ0) is 22.7. The van der Waals surface area contributed by atoms with Crippen LogP contribution in [0.1, 0.15) is 62.3 Å². The highest BCUT2D eigenvalue weighted by atomic mass is 28.4. The zero-order valence-corrected chi connectivity index (χ0v) is 21.3. The van der Waals surface area contributed by atoms with Gasteiger partial charge in [-0.1, -0.05) is 53.7 Å². The standard InChI is InChI=1S/C23H41NO4Si/c1-12-16(4)20(28-29(10,11)23(7,8)9)17(5)13-18(6)21(25)24-19(15(2)3)14-27-22(24)26/h12-13,15,17,19-20H,14H2,1-11H3/b16-12+,18-13+/t17-,19+,20+/m1/s1. The molecule has 0 aromatic heterocycles. The lowest BCUT2D eigenvalue weighted by Gasteiger charge is -2.41. The number of carbonyl (C=O) groups is 2. The summed E-state index contributed by atoms with van der Waals surface area (Å²) in [5, 5.41) is 0.0946. The molecule has 1 aliphatic heterocycles. The van der Waals surface area contributed by atoms with Crippen molar-refractivity contribution in [2.24, 2.45) is 11.8 Å². The molecule has 0 N–H and O–H groups in total. The van der Waals surface area contributed by atoms with Gasteiger partial charge in [0.2, 0.25) is 0 Å². The fourth-order valence-corrected chi connectivity index (χ4v) is 4.57. The zero-order valence-electron chi connectivity index (χ0n) is 20.3. The van der Waals surface area contributed by atoms with E-state index in [0.717, 1.165) is 5.57 Å². The number of hydrogen-bond acceptors (Lipinski definition) is 4. The van der Waals surface area contributed by atoms with E-state index in [9.17, 15) is 9.59 Å². The van der Waals surface area contributed by atoms with Crippen molar-refractivity contribution in [2.45, 2.75) is 92.6 Å². The molecular formula is C23H41NO4Si. The molecular weight excluding hydrogens is 382 g/mol. The Bertz CT molecular complexity index is 673. The first-order valence-electron chi connectivity index (χ1n) is 10.6. The normalized spacial score (nSPS) is 21.4. The number of cyclic esters (lactones) is 1. The van der Waals surface area contributed by atoms with Gasteiger partial charge in [0.05, 0.1) is 12.1 Å². The van der Waals surface area contributed by atoms with E-state index in [-0.39, 0.29) is 41.5 Å². The van der Waals surface area contributed by atoms with Crippen LogP contribution in [0.2, 0.25) is 18.1 Å². The van der Waals surface area contributed by atoms with Gasteiger partial charge in [-0.2, -0.15) is 0 Å². The topological polar surface area (TPSA) is 55.8 Å². The van der Waals surface area contributed by atoms with E-state index in [0.29, 0.717) is 5.57 Å². The van der Waals surface area contributed by atoms with Gasteiger partial charge < -0.3 is 9.16 Å². The third kappa shape index (κ3) is 6.04. The molecule has 0 aromatic carbocycles. The van der Waals surface area contributed by atoms with Gasteiger partial charge in [0, 0.05) is 11.5 Å². The number of allylic oxidation sites excluding steroid dienone is 1. The van der Waals surface area contributed by atoms with Gasteiger partial charge >= 0.3 is 6.09 Å². The summed E-state index contributed by atoms with van der Waals surface area (Å²) in [4.78, 5) is 26.4. The number of carbonyl (C=O) groups excluding carboxylic acids is 2. The molecule has 0 bridgehead atoms. The van der Waals surface area contributed by atoms with Crippen LogP contribution in [0.4, 0.5) is 4.79 Å². The Hall–Kier alpha value is -1.40. The van der Waals surface area contributed by atoms with Gasteiger partial charge in [-0.05, 0) is 50.4 Å². The molecule has 1 rings (SSSR count). The number of ether oxygens (including phenoxy) is 1. The number of nitrogens with zero attached hydrogens (tertiary/aromatic N) is 1. The van der Waals surface area contributed by atoms with Crippen molar-refractivity contribution in [2.75, 3.05) is 6.61 Å². The second-order valence-electron chi connectivity index (χ2n) is 10.1. The molecule has 1 fully saturated rings. The lowest BCUT2D eigenvalue weighted by atomic mass is 9.95. The maximum atomic E-state index is 13.0. The van der Waals surface area contributed by atoms with Crippen molar-refractivity contribution < 1.29 is 18.8 Å². The van der Waals surface area contributed by atoms with E-state index >= 15 is 0 Å². The first-order chi connectivity index (χ1) is 13.1. The molecule has 0 aliphatic carbocycles. The van der Waals surface area contributed by atoms with Crippen LogP contribution in [0.3, 0.4) is 0 Å². The summed E-state index contributed by atoms with van der Waals surface area (Å²) in [6.07, 6.45) is 3.37. The predicted molar refractivity (Wildman–Crippen MR) is 121 cm³/mol. The maximum absolute atomic E-state index is 13.0. The summed E-state index contributed by atoms with van der Waals surface area (Å²) >= 11 is 0. The lowest BCUT2D eigenvalue weighted by molar-refractivity contribution is -0.125. The van der Waals surface area contributed by atoms with Crippen LogP contribution in [-0.4, -0.2) is 44.0 Å². The van der Waals surface area contributed by atoms with Crippen LogP contribution in [0.25, 0.3) is 0 Å². The first kappa shape index (κ1) is 25.6. The molecule has 5 nitrogen and oxygen atoms in total. The van der Waals surface area contributed by atoms with Gasteiger partial charge in [-0.3, -0.25) is 4.79 Å². The highest BCUT2D eigenvalue weighted by Crippen LogP contribution is 2.39. The van der Waals surface area contributed by atoms with Gasteiger partial charge in [0.25, 0.3) is 5.91 Å². The van der Waals surface area contributed by atoms with E-state index in [1.54, 1.807) is 6.92 Å². The summed E-state index contributed by atoms with van der Waals surface area (Å²) in [5.74, 6) is -0.127. The second-order valence-corrected chi connectivity index (χ2v) is 14.9. The van der Waals surface area contributed by atoms with E-state index < -0.39 is 14.4 Å². The summed E-state index contributed by atoms with van der Waals surface area (Å²) in [5.41, 5.74) is 1.70. The lowest BCUT2D eigenvalue weighted by Crippen LogP contribution is -2.46. The van der Waals surface area contributed by atoms with Crippen molar-refractivity contribution in [3.8, 4) is 0 Å². The minimum atomic E-state index is -1.99. The molecule has 0 unspecified atom stereocenters. The van der Waals surface area contributed by atoms with Crippen LogP contribution in [0.15, 0.2) is 23.3 Å². The minimum Gasteiger partial charge on any atom is -0.447 e. The molecule has 0 saturated carbocycles. The van der Waals surface area contributed by atoms with Crippen molar-refractivity contribution in [1.29, 1.82) is 0 Å². The largest absolute Gasteiger partial charge is 0.447 e. The Morgan fingerprint density at radius 2 is 1.79 bits per heavy atom. The quantitative estimate of drug-likeness (QED) is 0.289. The molecule has 2 amide bonds. The van der Waals surface area contributed by atoms with Crippen molar-refractivity contribution in [3.05, 3.63) is 23.3 Å². The number of imide groups is 1. The van der Waals surface area contributed by atoms with Gasteiger partial charge in [-0.15, -0.1) is 0 Å². The van der Waals surface area contributed by atoms with Crippen LogP contribution in [-0.2, 0) is 14.0 Å². The molecule has 1 saturated heterocycles. The summed E-state index contributed by atoms with van der Waals surface area (Å²) in [6.45, 7) is 23.3. The van der Waals surface area contributed by atoms with Crippen LogP contribution in [0, 0.1) is 11.8 Å². The Morgan fingerprint density at radius 1 is 1.24 bits per heavy atom. The first-order valence-corrected chi connectivity index (χ1v) is 13.5. The van der Waals surface area contributed by atoms with E-state index in [1.807, 2.05) is 26.8 Å².